The van der Waals surface area contributed by atoms with Crippen LogP contribution in [0.5, 0.6) is 0 Å². The van der Waals surface area contributed by atoms with E-state index < -0.39 is 0 Å². The number of aliphatic hydroxyl groups is 1. The lowest BCUT2D eigenvalue weighted by molar-refractivity contribution is 0.145. The Kier molecular flexibility index (Phi) is 3.16. The standard InChI is InChI=1S/C11H17N3O/c1-2-9-7-13-11(8-12-9)14-5-3-10(15)4-6-14/h7-8,10,15H,2-6H2,1H3. The van der Waals surface area contributed by atoms with E-state index in [2.05, 4.69) is 21.8 Å². The molecule has 1 fully saturated rings. The van der Waals surface area contributed by atoms with Crippen LogP contribution in [-0.2, 0) is 6.42 Å². The fourth-order valence-corrected chi connectivity index (χ4v) is 1.79. The van der Waals surface area contributed by atoms with Crippen LogP contribution in [0.3, 0.4) is 0 Å². The normalized spacial score (nSPS) is 18.1. The third-order valence-corrected chi connectivity index (χ3v) is 2.84. The number of piperidine rings is 1. The molecule has 0 aromatic carbocycles. The van der Waals surface area contributed by atoms with Crippen LogP contribution in [0.2, 0.25) is 0 Å². The Balaban J connectivity index is 2.03. The van der Waals surface area contributed by atoms with Gasteiger partial charge in [-0.15, -0.1) is 0 Å². The Bertz CT molecular complexity index is 304. The van der Waals surface area contributed by atoms with Crippen molar-refractivity contribution >= 4 is 5.82 Å². The lowest BCUT2D eigenvalue weighted by Crippen LogP contribution is -2.36. The molecule has 1 aliphatic heterocycles. The fourth-order valence-electron chi connectivity index (χ4n) is 1.79. The van der Waals surface area contributed by atoms with E-state index in [-0.39, 0.29) is 6.10 Å². The Hall–Kier alpha value is -1.16. The molecule has 15 heavy (non-hydrogen) atoms. The summed E-state index contributed by atoms with van der Waals surface area (Å²) in [6.07, 6.45) is 6.11. The van der Waals surface area contributed by atoms with Gasteiger partial charge in [0.1, 0.15) is 5.82 Å². The molecule has 4 nitrogen and oxygen atoms in total. The van der Waals surface area contributed by atoms with Crippen LogP contribution < -0.4 is 4.90 Å². The summed E-state index contributed by atoms with van der Waals surface area (Å²) in [7, 11) is 0. The van der Waals surface area contributed by atoms with Crippen molar-refractivity contribution in [3.63, 3.8) is 0 Å². The number of nitrogens with zero attached hydrogens (tertiary/aromatic N) is 3. The first-order valence-electron chi connectivity index (χ1n) is 5.53. The summed E-state index contributed by atoms with van der Waals surface area (Å²) in [5, 5.41) is 9.39. The Labute approximate surface area is 90.0 Å². The summed E-state index contributed by atoms with van der Waals surface area (Å²) in [5.41, 5.74) is 1.02. The molecule has 1 aromatic rings. The molecule has 0 radical (unpaired) electrons. The minimum atomic E-state index is -0.135. The lowest BCUT2D eigenvalue weighted by atomic mass is 10.1. The maximum absolute atomic E-state index is 9.39. The van der Waals surface area contributed by atoms with E-state index in [0.717, 1.165) is 43.9 Å². The van der Waals surface area contributed by atoms with Crippen molar-refractivity contribution in [1.29, 1.82) is 0 Å². The SMILES string of the molecule is CCc1cnc(N2CCC(O)CC2)cn1. The molecule has 0 aliphatic carbocycles. The maximum Gasteiger partial charge on any atom is 0.147 e. The van der Waals surface area contributed by atoms with E-state index in [9.17, 15) is 5.11 Å². The van der Waals surface area contributed by atoms with Crippen LogP contribution in [0, 0.1) is 0 Å². The molecule has 82 valence electrons. The molecule has 1 aromatic heterocycles. The van der Waals surface area contributed by atoms with Crippen molar-refractivity contribution < 1.29 is 5.11 Å². The molecule has 4 heteroatoms. The van der Waals surface area contributed by atoms with E-state index in [4.69, 9.17) is 0 Å². The second kappa shape index (κ2) is 4.57. The summed E-state index contributed by atoms with van der Waals surface area (Å²) >= 11 is 0. The first kappa shape index (κ1) is 10.4. The van der Waals surface area contributed by atoms with Crippen molar-refractivity contribution in [2.45, 2.75) is 32.3 Å². The second-order valence-electron chi connectivity index (χ2n) is 3.94. The monoisotopic (exact) mass is 207 g/mol. The molecule has 2 heterocycles. The molecule has 0 bridgehead atoms. The van der Waals surface area contributed by atoms with Gasteiger partial charge in [0, 0.05) is 13.1 Å². The van der Waals surface area contributed by atoms with Gasteiger partial charge < -0.3 is 10.0 Å². The van der Waals surface area contributed by atoms with Crippen LogP contribution in [0.15, 0.2) is 12.4 Å². The Morgan fingerprint density at radius 3 is 2.60 bits per heavy atom. The van der Waals surface area contributed by atoms with Gasteiger partial charge in [-0.05, 0) is 19.3 Å². The molecule has 0 saturated carbocycles. The Morgan fingerprint density at radius 1 is 1.33 bits per heavy atom. The topological polar surface area (TPSA) is 49.2 Å². The summed E-state index contributed by atoms with van der Waals surface area (Å²) in [4.78, 5) is 10.9. The van der Waals surface area contributed by atoms with E-state index in [1.165, 1.54) is 0 Å². The lowest BCUT2D eigenvalue weighted by Gasteiger charge is -2.30. The number of rotatable bonds is 2. The van der Waals surface area contributed by atoms with Gasteiger partial charge in [-0.2, -0.15) is 0 Å². The molecular formula is C11H17N3O. The number of hydrogen-bond donors (Lipinski definition) is 1. The van der Waals surface area contributed by atoms with Crippen LogP contribution in [0.1, 0.15) is 25.5 Å². The summed E-state index contributed by atoms with van der Waals surface area (Å²) in [5.74, 6) is 0.930. The molecule has 1 N–H and O–H groups in total. The molecule has 1 aliphatic rings. The molecule has 0 spiro atoms. The number of aliphatic hydroxyl groups excluding tert-OH is 1. The number of aryl methyl sites for hydroxylation is 1. The van der Waals surface area contributed by atoms with E-state index in [1.54, 1.807) is 0 Å². The first-order valence-corrected chi connectivity index (χ1v) is 5.53. The average molecular weight is 207 g/mol. The number of anilines is 1. The van der Waals surface area contributed by atoms with E-state index in [1.807, 2.05) is 12.4 Å². The van der Waals surface area contributed by atoms with Gasteiger partial charge in [-0.25, -0.2) is 4.98 Å². The summed E-state index contributed by atoms with van der Waals surface area (Å²) in [6, 6.07) is 0. The first-order chi connectivity index (χ1) is 7.29. The highest BCUT2D eigenvalue weighted by molar-refractivity contribution is 5.36. The van der Waals surface area contributed by atoms with Gasteiger partial charge in [-0.3, -0.25) is 4.98 Å². The fraction of sp³-hybridized carbons (Fsp3) is 0.636. The smallest absolute Gasteiger partial charge is 0.147 e. The molecular weight excluding hydrogens is 190 g/mol. The van der Waals surface area contributed by atoms with Crippen LogP contribution in [0.4, 0.5) is 5.82 Å². The van der Waals surface area contributed by atoms with Crippen LogP contribution in [0.25, 0.3) is 0 Å². The minimum absolute atomic E-state index is 0.135. The molecule has 0 amide bonds. The van der Waals surface area contributed by atoms with Crippen molar-refractivity contribution in [3.05, 3.63) is 18.1 Å². The van der Waals surface area contributed by atoms with Gasteiger partial charge >= 0.3 is 0 Å². The predicted octanol–water partition coefficient (Wildman–Crippen LogP) is 1.00. The summed E-state index contributed by atoms with van der Waals surface area (Å²) in [6.45, 7) is 3.82. The largest absolute Gasteiger partial charge is 0.393 e. The van der Waals surface area contributed by atoms with Gasteiger partial charge in [0.15, 0.2) is 0 Å². The second-order valence-corrected chi connectivity index (χ2v) is 3.94. The highest BCUT2D eigenvalue weighted by atomic mass is 16.3. The van der Waals surface area contributed by atoms with Crippen LogP contribution >= 0.6 is 0 Å². The van der Waals surface area contributed by atoms with E-state index in [0.29, 0.717) is 0 Å². The zero-order valence-corrected chi connectivity index (χ0v) is 9.06. The predicted molar refractivity (Wildman–Crippen MR) is 58.9 cm³/mol. The summed E-state index contributed by atoms with van der Waals surface area (Å²) < 4.78 is 0. The average Bonchev–Trinajstić information content (AvgIpc) is 2.30. The van der Waals surface area contributed by atoms with E-state index >= 15 is 0 Å². The third kappa shape index (κ3) is 2.45. The van der Waals surface area contributed by atoms with Gasteiger partial charge in [0.2, 0.25) is 0 Å². The molecule has 1 saturated heterocycles. The van der Waals surface area contributed by atoms with Gasteiger partial charge in [0.05, 0.1) is 24.2 Å². The highest BCUT2D eigenvalue weighted by Crippen LogP contribution is 2.16. The number of hydrogen-bond acceptors (Lipinski definition) is 4. The van der Waals surface area contributed by atoms with Crippen LogP contribution in [-0.4, -0.2) is 34.3 Å². The van der Waals surface area contributed by atoms with Gasteiger partial charge in [-0.1, -0.05) is 6.92 Å². The minimum Gasteiger partial charge on any atom is -0.393 e. The quantitative estimate of drug-likeness (QED) is 0.786. The van der Waals surface area contributed by atoms with Crippen molar-refractivity contribution in [1.82, 2.24) is 9.97 Å². The van der Waals surface area contributed by atoms with Crippen molar-refractivity contribution in [2.24, 2.45) is 0 Å². The zero-order valence-electron chi connectivity index (χ0n) is 9.06. The Morgan fingerprint density at radius 2 is 2.07 bits per heavy atom. The van der Waals surface area contributed by atoms with Gasteiger partial charge in [0.25, 0.3) is 0 Å². The van der Waals surface area contributed by atoms with Crippen molar-refractivity contribution in [3.8, 4) is 0 Å². The number of aromatic nitrogens is 2. The maximum atomic E-state index is 9.39. The third-order valence-electron chi connectivity index (χ3n) is 2.84. The molecule has 0 atom stereocenters. The van der Waals surface area contributed by atoms with Crippen molar-refractivity contribution in [2.75, 3.05) is 18.0 Å². The zero-order chi connectivity index (χ0) is 10.7. The highest BCUT2D eigenvalue weighted by Gasteiger charge is 2.17. The molecule has 2 rings (SSSR count). The molecule has 0 unspecified atom stereocenters.